The van der Waals surface area contributed by atoms with Crippen LogP contribution in [0.3, 0.4) is 0 Å². The van der Waals surface area contributed by atoms with Crippen LogP contribution in [0.2, 0.25) is 13.1 Å². The Bertz CT molecular complexity index is 392. The number of benzene rings is 1. The van der Waals surface area contributed by atoms with E-state index in [2.05, 4.69) is 30.7 Å². The highest BCUT2D eigenvalue weighted by Crippen LogP contribution is 2.11. The molecule has 0 aliphatic heterocycles. The third-order valence-electron chi connectivity index (χ3n) is 2.28. The van der Waals surface area contributed by atoms with Gasteiger partial charge in [-0.1, -0.05) is 36.1 Å². The molecule has 0 aliphatic rings. The van der Waals surface area contributed by atoms with Crippen LogP contribution in [0, 0.1) is 0 Å². The van der Waals surface area contributed by atoms with Crippen LogP contribution < -0.4 is 5.19 Å². The summed E-state index contributed by atoms with van der Waals surface area (Å²) in [4.78, 5) is 13.7. The number of rotatable bonds is 3. The largest absolute Gasteiger partial charge is 0.240 e. The maximum atomic E-state index is 10.1. The Morgan fingerprint density at radius 3 is 2.79 bits per heavy atom. The first kappa shape index (κ1) is 10.6. The summed E-state index contributed by atoms with van der Waals surface area (Å²) in [6.45, 7) is 8.23. The second kappa shape index (κ2) is 4.18. The fourth-order valence-corrected chi connectivity index (χ4v) is 2.43. The number of isocyanates is 1. The number of nitrogens with zero attached hydrogens (tertiary/aromatic N) is 1. The molecule has 0 amide bonds. The minimum absolute atomic E-state index is 0.667. The van der Waals surface area contributed by atoms with Gasteiger partial charge in [-0.15, -0.1) is 6.58 Å². The number of carbonyl (C=O) groups excluding carboxylic acids is 1. The van der Waals surface area contributed by atoms with E-state index < -0.39 is 8.07 Å². The van der Waals surface area contributed by atoms with Gasteiger partial charge in [0.25, 0.3) is 0 Å². The quantitative estimate of drug-likeness (QED) is 0.421. The van der Waals surface area contributed by atoms with Gasteiger partial charge >= 0.3 is 0 Å². The van der Waals surface area contributed by atoms with Crippen molar-refractivity contribution in [2.24, 2.45) is 4.99 Å². The van der Waals surface area contributed by atoms with Gasteiger partial charge in [-0.25, -0.2) is 4.79 Å². The number of hydrogen-bond donors (Lipinski definition) is 0. The molecule has 0 spiro atoms. The Morgan fingerprint density at radius 2 is 2.21 bits per heavy atom. The highest BCUT2D eigenvalue weighted by Gasteiger charge is 2.18. The fraction of sp³-hybridized carbons (Fsp3) is 0.182. The van der Waals surface area contributed by atoms with Crippen LogP contribution in [0.15, 0.2) is 41.5 Å². The summed E-state index contributed by atoms with van der Waals surface area (Å²) < 4.78 is 0. The van der Waals surface area contributed by atoms with Gasteiger partial charge in [0.2, 0.25) is 6.08 Å². The van der Waals surface area contributed by atoms with E-state index in [1.54, 1.807) is 12.1 Å². The van der Waals surface area contributed by atoms with Gasteiger partial charge in [-0.05, 0) is 12.1 Å². The molecule has 1 rings (SSSR count). The van der Waals surface area contributed by atoms with Crippen LogP contribution in [0.4, 0.5) is 5.69 Å². The lowest BCUT2D eigenvalue weighted by atomic mass is 10.3. The summed E-state index contributed by atoms with van der Waals surface area (Å²) in [5, 5.41) is 1.23. The van der Waals surface area contributed by atoms with E-state index in [1.165, 1.54) is 5.19 Å². The van der Waals surface area contributed by atoms with Gasteiger partial charge in [0.1, 0.15) is 8.07 Å². The van der Waals surface area contributed by atoms with Crippen LogP contribution in [-0.4, -0.2) is 14.2 Å². The van der Waals surface area contributed by atoms with E-state index in [0.717, 1.165) is 0 Å². The van der Waals surface area contributed by atoms with Crippen LogP contribution >= 0.6 is 0 Å². The van der Waals surface area contributed by atoms with Crippen molar-refractivity contribution in [3.63, 3.8) is 0 Å². The molecule has 0 atom stereocenters. The SMILES string of the molecule is C=C[Si](C)(C)c1cccc(N=C=O)c1. The predicted octanol–water partition coefficient (Wildman–Crippen LogP) is 2.29. The average molecular weight is 203 g/mol. The third-order valence-corrected chi connectivity index (χ3v) is 5.09. The van der Waals surface area contributed by atoms with Crippen LogP contribution in [-0.2, 0) is 4.79 Å². The molecule has 0 saturated carbocycles. The standard InChI is InChI=1S/C11H13NOSi/c1-4-14(2,3)11-7-5-6-10(8-11)12-9-13/h4-8H,1H2,2-3H3. The zero-order chi connectivity index (χ0) is 10.6. The van der Waals surface area contributed by atoms with Crippen molar-refractivity contribution in [2.75, 3.05) is 0 Å². The van der Waals surface area contributed by atoms with Crippen molar-refractivity contribution < 1.29 is 4.79 Å². The molecule has 0 fully saturated rings. The monoisotopic (exact) mass is 203 g/mol. The molecule has 0 aliphatic carbocycles. The average Bonchev–Trinajstić information content (AvgIpc) is 2.19. The maximum absolute atomic E-state index is 10.1. The van der Waals surface area contributed by atoms with Crippen molar-refractivity contribution in [3.05, 3.63) is 36.5 Å². The van der Waals surface area contributed by atoms with Crippen molar-refractivity contribution >= 4 is 25.0 Å². The van der Waals surface area contributed by atoms with Crippen molar-refractivity contribution in [1.82, 2.24) is 0 Å². The predicted molar refractivity (Wildman–Crippen MR) is 61.5 cm³/mol. The van der Waals surface area contributed by atoms with Crippen LogP contribution in [0.1, 0.15) is 0 Å². The van der Waals surface area contributed by atoms with E-state index in [9.17, 15) is 4.79 Å². The summed E-state index contributed by atoms with van der Waals surface area (Å²) in [6, 6.07) is 7.68. The summed E-state index contributed by atoms with van der Waals surface area (Å²) in [7, 11) is -1.54. The lowest BCUT2D eigenvalue weighted by Gasteiger charge is -2.17. The van der Waals surface area contributed by atoms with Gasteiger partial charge in [0.15, 0.2) is 0 Å². The molecule has 0 aromatic heterocycles. The van der Waals surface area contributed by atoms with Crippen molar-refractivity contribution in [1.29, 1.82) is 0 Å². The van der Waals surface area contributed by atoms with Gasteiger partial charge < -0.3 is 0 Å². The van der Waals surface area contributed by atoms with Crippen LogP contribution in [0.5, 0.6) is 0 Å². The second-order valence-electron chi connectivity index (χ2n) is 3.68. The Kier molecular flexibility index (Phi) is 3.17. The highest BCUT2D eigenvalue weighted by atomic mass is 28.3. The Morgan fingerprint density at radius 1 is 1.50 bits per heavy atom. The Balaban J connectivity index is 3.17. The van der Waals surface area contributed by atoms with E-state index in [-0.39, 0.29) is 0 Å². The smallest absolute Gasteiger partial charge is 0.211 e. The molecule has 0 heterocycles. The maximum Gasteiger partial charge on any atom is 0.240 e. The van der Waals surface area contributed by atoms with Crippen LogP contribution in [0.25, 0.3) is 0 Å². The highest BCUT2D eigenvalue weighted by molar-refractivity contribution is 6.93. The topological polar surface area (TPSA) is 29.4 Å². The summed E-state index contributed by atoms with van der Waals surface area (Å²) in [6.07, 6.45) is 1.55. The lowest BCUT2D eigenvalue weighted by Crippen LogP contribution is -2.38. The molecule has 1 aromatic rings. The molecule has 0 unspecified atom stereocenters. The minimum Gasteiger partial charge on any atom is -0.211 e. The molecule has 1 aromatic carbocycles. The number of hydrogen-bond acceptors (Lipinski definition) is 2. The van der Waals surface area contributed by atoms with E-state index in [4.69, 9.17) is 0 Å². The normalized spacial score (nSPS) is 10.4. The fourth-order valence-electron chi connectivity index (χ4n) is 1.15. The zero-order valence-corrected chi connectivity index (χ0v) is 9.45. The molecule has 2 nitrogen and oxygen atoms in total. The second-order valence-corrected chi connectivity index (χ2v) is 8.11. The third kappa shape index (κ3) is 2.28. The summed E-state index contributed by atoms with van der Waals surface area (Å²) >= 11 is 0. The molecular formula is C11H13NOSi. The van der Waals surface area contributed by atoms with Crippen molar-refractivity contribution in [2.45, 2.75) is 13.1 Å². The first-order valence-corrected chi connectivity index (χ1v) is 7.50. The molecule has 0 saturated heterocycles. The van der Waals surface area contributed by atoms with Gasteiger partial charge in [-0.2, -0.15) is 4.99 Å². The number of aliphatic imine (C=N–C) groups is 1. The Labute approximate surface area is 85.0 Å². The van der Waals surface area contributed by atoms with Gasteiger partial charge in [-0.3, -0.25) is 0 Å². The summed E-state index contributed by atoms with van der Waals surface area (Å²) in [5.74, 6) is 0. The van der Waals surface area contributed by atoms with E-state index >= 15 is 0 Å². The molecule has 0 radical (unpaired) electrons. The first-order chi connectivity index (χ1) is 6.60. The lowest BCUT2D eigenvalue weighted by molar-refractivity contribution is 0.565. The van der Waals surface area contributed by atoms with Gasteiger partial charge in [0.05, 0.1) is 5.69 Å². The molecule has 3 heteroatoms. The van der Waals surface area contributed by atoms with E-state index in [1.807, 2.05) is 17.8 Å². The minimum atomic E-state index is -1.54. The molecular weight excluding hydrogens is 190 g/mol. The zero-order valence-electron chi connectivity index (χ0n) is 8.45. The molecule has 72 valence electrons. The molecule has 0 bridgehead atoms. The Hall–Kier alpha value is -1.44. The first-order valence-electron chi connectivity index (χ1n) is 4.42. The van der Waals surface area contributed by atoms with Crippen molar-refractivity contribution in [3.8, 4) is 0 Å². The van der Waals surface area contributed by atoms with Gasteiger partial charge in [0, 0.05) is 0 Å². The van der Waals surface area contributed by atoms with E-state index in [0.29, 0.717) is 5.69 Å². The summed E-state index contributed by atoms with van der Waals surface area (Å²) in [5.41, 5.74) is 2.68. The molecule has 0 N–H and O–H groups in total. The molecule has 14 heavy (non-hydrogen) atoms.